The van der Waals surface area contributed by atoms with Crippen molar-refractivity contribution < 1.29 is 9.47 Å². The average molecular weight is 491 g/mol. The number of rotatable bonds is 5. The molecular weight excluding hydrogens is 464 g/mol. The predicted octanol–water partition coefficient (Wildman–Crippen LogP) is 7.21. The summed E-state index contributed by atoms with van der Waals surface area (Å²) in [4.78, 5) is 0. The van der Waals surface area contributed by atoms with Crippen molar-refractivity contribution in [2.24, 2.45) is 5.10 Å². The molecule has 2 aliphatic rings. The van der Waals surface area contributed by atoms with Gasteiger partial charge >= 0.3 is 0 Å². The van der Waals surface area contributed by atoms with E-state index in [1.807, 2.05) is 25.1 Å². The first-order valence-electron chi connectivity index (χ1n) is 11.2. The van der Waals surface area contributed by atoms with Crippen LogP contribution in [0.25, 0.3) is 0 Å². The van der Waals surface area contributed by atoms with Crippen molar-refractivity contribution in [3.63, 3.8) is 0 Å². The van der Waals surface area contributed by atoms with Gasteiger partial charge in [0.1, 0.15) is 11.5 Å². The monoisotopic (exact) mass is 490 g/mol. The molecule has 32 heavy (non-hydrogen) atoms. The number of hydrogen-bond donors (Lipinski definition) is 0. The zero-order chi connectivity index (χ0) is 22.2. The molecule has 0 N–H and O–H groups in total. The van der Waals surface area contributed by atoms with E-state index in [2.05, 4.69) is 83.3 Å². The number of ether oxygens (including phenoxy) is 2. The largest absolute Gasteiger partial charge is 0.494 e. The lowest BCUT2D eigenvalue weighted by Crippen LogP contribution is -2.33. The smallest absolute Gasteiger partial charge is 0.213 e. The Balaban J connectivity index is 1.52. The number of nitrogens with zero attached hydrogens (tertiary/aromatic N) is 2. The van der Waals surface area contributed by atoms with Gasteiger partial charge in [-0.25, -0.2) is 5.01 Å². The van der Waals surface area contributed by atoms with Crippen LogP contribution in [0.3, 0.4) is 0 Å². The first-order chi connectivity index (χ1) is 15.5. The van der Waals surface area contributed by atoms with E-state index in [-0.39, 0.29) is 12.3 Å². The van der Waals surface area contributed by atoms with Gasteiger partial charge in [0.25, 0.3) is 0 Å². The third kappa shape index (κ3) is 3.90. The Morgan fingerprint density at radius 1 is 1.06 bits per heavy atom. The number of benzene rings is 3. The highest BCUT2D eigenvalue weighted by Gasteiger charge is 2.41. The average Bonchev–Trinajstić information content (AvgIpc) is 3.25. The van der Waals surface area contributed by atoms with Crippen LogP contribution in [0, 0.1) is 0 Å². The molecule has 0 spiro atoms. The van der Waals surface area contributed by atoms with Gasteiger partial charge in [0, 0.05) is 22.0 Å². The van der Waals surface area contributed by atoms with Gasteiger partial charge in [-0.1, -0.05) is 54.0 Å². The maximum absolute atomic E-state index is 6.50. The number of hydrogen-bond acceptors (Lipinski definition) is 4. The molecule has 0 bridgehead atoms. The van der Waals surface area contributed by atoms with Crippen molar-refractivity contribution in [3.8, 4) is 11.5 Å². The number of halogens is 1. The molecule has 164 valence electrons. The normalized spacial score (nSPS) is 19.3. The first kappa shape index (κ1) is 21.1. The highest BCUT2D eigenvalue weighted by atomic mass is 79.9. The van der Waals surface area contributed by atoms with E-state index in [1.54, 1.807) is 0 Å². The lowest BCUT2D eigenvalue weighted by Gasteiger charge is -2.38. The fourth-order valence-electron chi connectivity index (χ4n) is 4.41. The molecule has 0 unspecified atom stereocenters. The summed E-state index contributed by atoms with van der Waals surface area (Å²) in [6, 6.07) is 23.3. The summed E-state index contributed by atoms with van der Waals surface area (Å²) in [6.45, 7) is 7.08. The Labute approximate surface area is 198 Å². The zero-order valence-electron chi connectivity index (χ0n) is 18.6. The van der Waals surface area contributed by atoms with Gasteiger partial charge < -0.3 is 9.47 Å². The minimum absolute atomic E-state index is 0.132. The molecule has 3 aromatic rings. The molecule has 0 fully saturated rings. The van der Waals surface area contributed by atoms with Crippen LogP contribution in [0.4, 0.5) is 0 Å². The topological polar surface area (TPSA) is 34.1 Å². The summed E-state index contributed by atoms with van der Waals surface area (Å²) < 4.78 is 13.2. The first-order valence-corrected chi connectivity index (χ1v) is 12.0. The lowest BCUT2D eigenvalue weighted by atomic mass is 9.95. The van der Waals surface area contributed by atoms with E-state index < -0.39 is 0 Å². The maximum atomic E-state index is 6.50. The molecule has 3 aromatic carbocycles. The van der Waals surface area contributed by atoms with Crippen LogP contribution in [0.5, 0.6) is 11.5 Å². The van der Waals surface area contributed by atoms with Crippen LogP contribution in [0.15, 0.2) is 76.3 Å². The van der Waals surface area contributed by atoms with Crippen molar-refractivity contribution in [1.29, 1.82) is 0 Å². The Morgan fingerprint density at radius 3 is 2.50 bits per heavy atom. The van der Waals surface area contributed by atoms with Gasteiger partial charge in [-0.3, -0.25) is 0 Å². The third-order valence-electron chi connectivity index (χ3n) is 6.14. The minimum Gasteiger partial charge on any atom is -0.494 e. The predicted molar refractivity (Wildman–Crippen MR) is 131 cm³/mol. The van der Waals surface area contributed by atoms with Crippen LogP contribution in [-0.4, -0.2) is 17.3 Å². The second-order valence-electron chi connectivity index (χ2n) is 8.58. The Hall–Kier alpha value is -2.79. The summed E-state index contributed by atoms with van der Waals surface area (Å²) in [5.74, 6) is 2.31. The van der Waals surface area contributed by atoms with E-state index >= 15 is 0 Å². The van der Waals surface area contributed by atoms with E-state index in [0.717, 1.165) is 39.2 Å². The van der Waals surface area contributed by atoms with Crippen LogP contribution in [0.2, 0.25) is 0 Å². The fraction of sp³-hybridized carbons (Fsp3) is 0.296. The van der Waals surface area contributed by atoms with Crippen molar-refractivity contribution in [2.45, 2.75) is 45.4 Å². The molecule has 4 nitrogen and oxygen atoms in total. The molecule has 5 rings (SSSR count). The molecule has 2 atom stereocenters. The van der Waals surface area contributed by atoms with Gasteiger partial charge in [0.15, 0.2) is 0 Å². The molecular formula is C27H27BrN2O2. The molecule has 0 saturated carbocycles. The van der Waals surface area contributed by atoms with Gasteiger partial charge in [-0.15, -0.1) is 0 Å². The van der Waals surface area contributed by atoms with Crippen LogP contribution in [-0.2, 0) is 0 Å². The van der Waals surface area contributed by atoms with Crippen molar-refractivity contribution >= 4 is 21.6 Å². The second kappa shape index (κ2) is 8.62. The molecule has 5 heteroatoms. The summed E-state index contributed by atoms with van der Waals surface area (Å²) in [7, 11) is 0. The molecule has 0 aliphatic carbocycles. The minimum atomic E-state index is -0.255. The zero-order valence-corrected chi connectivity index (χ0v) is 20.2. The van der Waals surface area contributed by atoms with E-state index in [1.165, 1.54) is 11.1 Å². The van der Waals surface area contributed by atoms with Crippen LogP contribution in [0.1, 0.15) is 67.6 Å². The number of hydrazone groups is 1. The van der Waals surface area contributed by atoms with E-state index in [0.29, 0.717) is 12.5 Å². The standard InChI is InChI=1S/C27H27BrN2O2/c1-4-31-22-12-9-19(10-13-22)24-16-25-23-15-21(28)11-14-26(23)32-27(30(25)29-24)20-7-5-18(6-8-20)17(2)3/h5-15,17,25,27H,4,16H2,1-3H3/t25-,27+/m1/s1. The number of fused-ring (bicyclic) bond motifs is 3. The van der Waals surface area contributed by atoms with E-state index in [9.17, 15) is 0 Å². The van der Waals surface area contributed by atoms with Gasteiger partial charge in [0.2, 0.25) is 6.23 Å². The molecule has 2 heterocycles. The SMILES string of the molecule is CCOc1ccc(C2=NN3[C@H](C2)c2cc(Br)ccc2O[C@H]3c2ccc(C(C)C)cc2)cc1. The van der Waals surface area contributed by atoms with Crippen molar-refractivity contribution in [3.05, 3.63) is 93.5 Å². The molecule has 2 aliphatic heterocycles. The van der Waals surface area contributed by atoms with Gasteiger partial charge in [-0.2, -0.15) is 5.10 Å². The lowest BCUT2D eigenvalue weighted by molar-refractivity contribution is -0.0190. The third-order valence-corrected chi connectivity index (χ3v) is 6.63. The summed E-state index contributed by atoms with van der Waals surface area (Å²) >= 11 is 3.63. The van der Waals surface area contributed by atoms with E-state index in [4.69, 9.17) is 14.6 Å². The Morgan fingerprint density at radius 2 is 1.81 bits per heavy atom. The van der Waals surface area contributed by atoms with Crippen molar-refractivity contribution in [1.82, 2.24) is 5.01 Å². The highest BCUT2D eigenvalue weighted by molar-refractivity contribution is 9.10. The molecule has 0 saturated heterocycles. The highest BCUT2D eigenvalue weighted by Crippen LogP contribution is 2.48. The fourth-order valence-corrected chi connectivity index (χ4v) is 4.79. The second-order valence-corrected chi connectivity index (χ2v) is 9.49. The Bertz CT molecular complexity index is 1140. The summed E-state index contributed by atoms with van der Waals surface area (Å²) in [6.07, 6.45) is 0.580. The summed E-state index contributed by atoms with van der Waals surface area (Å²) in [5, 5.41) is 7.20. The van der Waals surface area contributed by atoms with Crippen LogP contribution >= 0.6 is 15.9 Å². The quantitative estimate of drug-likeness (QED) is 0.378. The molecule has 0 aromatic heterocycles. The van der Waals surface area contributed by atoms with Crippen molar-refractivity contribution in [2.75, 3.05) is 6.61 Å². The maximum Gasteiger partial charge on any atom is 0.213 e. The van der Waals surface area contributed by atoms with Crippen LogP contribution < -0.4 is 9.47 Å². The van der Waals surface area contributed by atoms with Gasteiger partial charge in [-0.05, 0) is 66.4 Å². The molecule has 0 radical (unpaired) electrons. The molecule has 0 amide bonds. The summed E-state index contributed by atoms with van der Waals surface area (Å²) in [5.41, 5.74) is 5.79. The van der Waals surface area contributed by atoms with Gasteiger partial charge in [0.05, 0.1) is 18.4 Å². The Kier molecular flexibility index (Phi) is 5.68.